The molecule has 2 rings (SSSR count). The van der Waals surface area contributed by atoms with E-state index in [2.05, 4.69) is 15.9 Å². The Labute approximate surface area is 78.7 Å². The number of halogens is 1. The summed E-state index contributed by atoms with van der Waals surface area (Å²) in [5.74, 6) is 0.578. The second kappa shape index (κ2) is 2.59. The van der Waals surface area contributed by atoms with Crippen LogP contribution in [0.1, 0.15) is 11.1 Å². The first-order valence-electron chi connectivity index (χ1n) is 3.66. The number of fused-ring (bicyclic) bond motifs is 1. The second-order valence-corrected chi connectivity index (χ2v) is 3.78. The van der Waals surface area contributed by atoms with Crippen molar-refractivity contribution in [1.29, 1.82) is 0 Å². The molecule has 0 amide bonds. The van der Waals surface area contributed by atoms with Gasteiger partial charge in [-0.3, -0.25) is 4.79 Å². The molecule has 0 bridgehead atoms. The van der Waals surface area contributed by atoms with Crippen molar-refractivity contribution in [2.45, 2.75) is 13.3 Å². The maximum absolute atomic E-state index is 10.9. The normalized spacial score (nSPS) is 14.3. The maximum atomic E-state index is 10.9. The molecule has 0 radical (unpaired) electrons. The number of carbonyl (C=O) groups is 1. The van der Waals surface area contributed by atoms with E-state index in [-0.39, 0.29) is 5.97 Å². The SMILES string of the molecule is Cc1cc(Br)cc2c1OC(=O)C2. The van der Waals surface area contributed by atoms with Gasteiger partial charge in [0.2, 0.25) is 0 Å². The molecule has 1 aliphatic rings. The molecule has 0 spiro atoms. The van der Waals surface area contributed by atoms with Crippen LogP contribution in [0, 0.1) is 6.92 Å². The largest absolute Gasteiger partial charge is 0.426 e. The Bertz CT molecular complexity index is 358. The molecule has 3 heteroatoms. The zero-order valence-electron chi connectivity index (χ0n) is 6.56. The highest BCUT2D eigenvalue weighted by atomic mass is 79.9. The van der Waals surface area contributed by atoms with Gasteiger partial charge in [0.15, 0.2) is 0 Å². The number of esters is 1. The number of aryl methyl sites for hydroxylation is 1. The predicted molar refractivity (Wildman–Crippen MR) is 48.2 cm³/mol. The van der Waals surface area contributed by atoms with Gasteiger partial charge in [-0.05, 0) is 24.6 Å². The summed E-state index contributed by atoms with van der Waals surface area (Å²) in [6, 6.07) is 3.87. The van der Waals surface area contributed by atoms with Gasteiger partial charge in [0.05, 0.1) is 6.42 Å². The van der Waals surface area contributed by atoms with Gasteiger partial charge in [0, 0.05) is 10.0 Å². The Balaban J connectivity index is 2.59. The molecule has 0 aromatic heterocycles. The van der Waals surface area contributed by atoms with Crippen LogP contribution in [0.4, 0.5) is 0 Å². The summed E-state index contributed by atoms with van der Waals surface area (Å²) in [4.78, 5) is 10.9. The average Bonchev–Trinajstić information content (AvgIpc) is 2.29. The first-order chi connectivity index (χ1) is 5.66. The van der Waals surface area contributed by atoms with E-state index >= 15 is 0 Å². The van der Waals surface area contributed by atoms with Crippen LogP contribution >= 0.6 is 15.9 Å². The van der Waals surface area contributed by atoms with Crippen LogP contribution in [0.5, 0.6) is 5.75 Å². The fourth-order valence-electron chi connectivity index (χ4n) is 1.38. The van der Waals surface area contributed by atoms with Crippen molar-refractivity contribution in [2.75, 3.05) is 0 Å². The first-order valence-corrected chi connectivity index (χ1v) is 4.46. The van der Waals surface area contributed by atoms with Gasteiger partial charge in [0.1, 0.15) is 5.75 Å². The fourth-order valence-corrected chi connectivity index (χ4v) is 2.00. The quantitative estimate of drug-likeness (QED) is 0.501. The van der Waals surface area contributed by atoms with Gasteiger partial charge in [-0.1, -0.05) is 15.9 Å². The average molecular weight is 227 g/mol. The van der Waals surface area contributed by atoms with Gasteiger partial charge in [0.25, 0.3) is 0 Å². The van der Waals surface area contributed by atoms with Crippen LogP contribution < -0.4 is 4.74 Å². The second-order valence-electron chi connectivity index (χ2n) is 2.86. The van der Waals surface area contributed by atoms with E-state index < -0.39 is 0 Å². The van der Waals surface area contributed by atoms with Gasteiger partial charge in [-0.2, -0.15) is 0 Å². The molecule has 12 heavy (non-hydrogen) atoms. The lowest BCUT2D eigenvalue weighted by Crippen LogP contribution is -2.00. The zero-order valence-corrected chi connectivity index (χ0v) is 8.14. The van der Waals surface area contributed by atoms with E-state index in [9.17, 15) is 4.79 Å². The minimum absolute atomic E-state index is 0.161. The monoisotopic (exact) mass is 226 g/mol. The third kappa shape index (κ3) is 1.14. The topological polar surface area (TPSA) is 26.3 Å². The van der Waals surface area contributed by atoms with E-state index in [1.807, 2.05) is 19.1 Å². The fraction of sp³-hybridized carbons (Fsp3) is 0.222. The number of carbonyl (C=O) groups excluding carboxylic acids is 1. The van der Waals surface area contributed by atoms with Crippen LogP contribution in [-0.4, -0.2) is 5.97 Å². The number of rotatable bonds is 0. The summed E-state index contributed by atoms with van der Waals surface area (Å²) in [5.41, 5.74) is 1.98. The van der Waals surface area contributed by atoms with Gasteiger partial charge in [-0.15, -0.1) is 0 Å². The van der Waals surface area contributed by atoms with Crippen molar-refractivity contribution in [1.82, 2.24) is 0 Å². The molecule has 0 saturated carbocycles. The van der Waals surface area contributed by atoms with Crippen LogP contribution in [0.25, 0.3) is 0 Å². The molecule has 0 atom stereocenters. The summed E-state index contributed by atoms with van der Waals surface area (Å²) in [6.07, 6.45) is 0.398. The Morgan fingerprint density at radius 3 is 3.00 bits per heavy atom. The van der Waals surface area contributed by atoms with Gasteiger partial charge in [-0.25, -0.2) is 0 Å². The standard InChI is InChI=1S/C9H7BrO2/c1-5-2-7(10)3-6-4-8(11)12-9(5)6/h2-3H,4H2,1H3. The molecule has 1 aromatic rings. The molecule has 0 N–H and O–H groups in total. The summed E-state index contributed by atoms with van der Waals surface area (Å²) in [7, 11) is 0. The molecule has 1 aromatic carbocycles. The Morgan fingerprint density at radius 1 is 1.50 bits per heavy atom. The zero-order chi connectivity index (χ0) is 8.72. The summed E-state index contributed by atoms with van der Waals surface area (Å²) >= 11 is 3.37. The molecule has 1 aliphatic heterocycles. The molecule has 0 unspecified atom stereocenters. The highest BCUT2D eigenvalue weighted by Crippen LogP contribution is 2.32. The van der Waals surface area contributed by atoms with E-state index in [4.69, 9.17) is 4.74 Å². The van der Waals surface area contributed by atoms with Gasteiger partial charge >= 0.3 is 5.97 Å². The van der Waals surface area contributed by atoms with E-state index in [0.717, 1.165) is 21.3 Å². The molecule has 62 valence electrons. The molecule has 2 nitrogen and oxygen atoms in total. The minimum atomic E-state index is -0.161. The summed E-state index contributed by atoms with van der Waals surface area (Å²) in [6.45, 7) is 1.93. The number of hydrogen-bond acceptors (Lipinski definition) is 2. The smallest absolute Gasteiger partial charge is 0.315 e. The molecular weight excluding hydrogens is 220 g/mol. The minimum Gasteiger partial charge on any atom is -0.426 e. The van der Waals surface area contributed by atoms with Crippen LogP contribution in [0.2, 0.25) is 0 Å². The Kier molecular flexibility index (Phi) is 1.68. The van der Waals surface area contributed by atoms with E-state index in [1.54, 1.807) is 0 Å². The lowest BCUT2D eigenvalue weighted by molar-refractivity contribution is -0.131. The van der Waals surface area contributed by atoms with Crippen molar-refractivity contribution < 1.29 is 9.53 Å². The van der Waals surface area contributed by atoms with E-state index in [1.165, 1.54) is 0 Å². The maximum Gasteiger partial charge on any atom is 0.315 e. The van der Waals surface area contributed by atoms with Crippen molar-refractivity contribution in [3.63, 3.8) is 0 Å². The Morgan fingerprint density at radius 2 is 2.25 bits per heavy atom. The number of benzene rings is 1. The molecule has 0 fully saturated rings. The molecule has 0 aliphatic carbocycles. The lowest BCUT2D eigenvalue weighted by Gasteiger charge is -2.01. The molecule has 1 heterocycles. The van der Waals surface area contributed by atoms with Crippen molar-refractivity contribution in [3.8, 4) is 5.75 Å². The number of ether oxygens (including phenoxy) is 1. The van der Waals surface area contributed by atoms with Crippen LogP contribution in [0.3, 0.4) is 0 Å². The lowest BCUT2D eigenvalue weighted by atomic mass is 10.1. The van der Waals surface area contributed by atoms with Crippen molar-refractivity contribution in [2.24, 2.45) is 0 Å². The van der Waals surface area contributed by atoms with Gasteiger partial charge < -0.3 is 4.74 Å². The highest BCUT2D eigenvalue weighted by molar-refractivity contribution is 9.10. The first kappa shape index (κ1) is 7.80. The summed E-state index contributed by atoms with van der Waals surface area (Å²) < 4.78 is 6.03. The van der Waals surface area contributed by atoms with E-state index in [0.29, 0.717) is 6.42 Å². The Hall–Kier alpha value is -0.830. The molecule has 0 saturated heterocycles. The van der Waals surface area contributed by atoms with Crippen LogP contribution in [0.15, 0.2) is 16.6 Å². The van der Waals surface area contributed by atoms with Crippen molar-refractivity contribution in [3.05, 3.63) is 27.7 Å². The highest BCUT2D eigenvalue weighted by Gasteiger charge is 2.22. The predicted octanol–water partition coefficient (Wildman–Crippen LogP) is 2.22. The summed E-state index contributed by atoms with van der Waals surface area (Å²) in [5, 5.41) is 0. The van der Waals surface area contributed by atoms with Crippen molar-refractivity contribution >= 4 is 21.9 Å². The van der Waals surface area contributed by atoms with Crippen LogP contribution in [-0.2, 0) is 11.2 Å². The third-order valence-electron chi connectivity index (χ3n) is 1.87. The molecular formula is C9H7BrO2. The number of hydrogen-bond donors (Lipinski definition) is 0. The third-order valence-corrected chi connectivity index (χ3v) is 2.32.